The fraction of sp³-hybridized carbons (Fsp3) is 0.0625. The van der Waals surface area contributed by atoms with Crippen molar-refractivity contribution >= 4 is 26.8 Å². The minimum atomic E-state index is -0.365. The minimum Gasteiger partial charge on any atom is -0.486 e. The molecule has 3 aromatic rings. The van der Waals surface area contributed by atoms with Gasteiger partial charge in [0.25, 0.3) is 0 Å². The predicted octanol–water partition coefficient (Wildman–Crippen LogP) is 4.72. The topological polar surface area (TPSA) is 22.1 Å². The average Bonchev–Trinajstić information content (AvgIpc) is 2.48. The lowest BCUT2D eigenvalue weighted by molar-refractivity contribution is 0.290. The van der Waals surface area contributed by atoms with Gasteiger partial charge in [0.15, 0.2) is 11.6 Å². The number of pyridine rings is 1. The highest BCUT2D eigenvalue weighted by atomic mass is 79.9. The quantitative estimate of drug-likeness (QED) is 0.693. The number of rotatable bonds is 3. The van der Waals surface area contributed by atoms with Crippen LogP contribution in [0.4, 0.5) is 4.39 Å². The molecule has 0 fully saturated rings. The van der Waals surface area contributed by atoms with Gasteiger partial charge < -0.3 is 4.74 Å². The van der Waals surface area contributed by atoms with Gasteiger partial charge in [0.2, 0.25) is 0 Å². The van der Waals surface area contributed by atoms with Crippen molar-refractivity contribution < 1.29 is 9.13 Å². The molecule has 2 nitrogen and oxygen atoms in total. The number of aromatic nitrogens is 1. The van der Waals surface area contributed by atoms with Gasteiger partial charge in [-0.25, -0.2) is 4.39 Å². The molecule has 1 aromatic heterocycles. The Hall–Kier alpha value is -1.94. The van der Waals surface area contributed by atoms with Crippen LogP contribution in [0.5, 0.6) is 5.75 Å². The molecule has 0 N–H and O–H groups in total. The fourth-order valence-corrected chi connectivity index (χ4v) is 2.30. The maximum atomic E-state index is 13.6. The second-order valence-corrected chi connectivity index (χ2v) is 5.31. The molecule has 0 amide bonds. The van der Waals surface area contributed by atoms with Crippen molar-refractivity contribution in [3.8, 4) is 5.75 Å². The normalized spacial score (nSPS) is 10.7. The molecular weight excluding hydrogens is 321 g/mol. The molecule has 0 bridgehead atoms. The Morgan fingerprint density at radius 1 is 1.10 bits per heavy atom. The molecule has 0 spiro atoms. The maximum absolute atomic E-state index is 13.6. The van der Waals surface area contributed by atoms with E-state index in [-0.39, 0.29) is 11.6 Å². The van der Waals surface area contributed by atoms with Gasteiger partial charge in [-0.3, -0.25) is 4.98 Å². The van der Waals surface area contributed by atoms with Gasteiger partial charge in [0, 0.05) is 16.1 Å². The number of hydrogen-bond donors (Lipinski definition) is 0. The van der Waals surface area contributed by atoms with Crippen molar-refractivity contribution in [2.24, 2.45) is 0 Å². The standard InChI is InChI=1S/C16H11BrFNO/c17-13-4-5-14(18)16(9-13)20-10-11-3-6-15-12(8-11)2-1-7-19-15/h1-9H,10H2. The Morgan fingerprint density at radius 3 is 2.90 bits per heavy atom. The average molecular weight is 332 g/mol. The summed E-state index contributed by atoms with van der Waals surface area (Å²) in [6, 6.07) is 14.4. The third-order valence-electron chi connectivity index (χ3n) is 2.96. The van der Waals surface area contributed by atoms with E-state index in [0.29, 0.717) is 6.61 Å². The van der Waals surface area contributed by atoms with Gasteiger partial charge in [0.05, 0.1) is 5.52 Å². The first-order valence-corrected chi connectivity index (χ1v) is 6.93. The number of ether oxygens (including phenoxy) is 1. The van der Waals surface area contributed by atoms with E-state index in [1.54, 1.807) is 18.3 Å². The molecular formula is C16H11BrFNO. The van der Waals surface area contributed by atoms with Crippen molar-refractivity contribution in [3.05, 3.63) is 70.6 Å². The molecule has 0 unspecified atom stereocenters. The first kappa shape index (κ1) is 13.1. The summed E-state index contributed by atoms with van der Waals surface area (Å²) in [6.07, 6.45) is 1.76. The smallest absolute Gasteiger partial charge is 0.165 e. The molecule has 0 aliphatic carbocycles. The molecule has 20 heavy (non-hydrogen) atoms. The van der Waals surface area contributed by atoms with E-state index in [9.17, 15) is 4.39 Å². The first-order valence-electron chi connectivity index (χ1n) is 6.14. The number of hydrogen-bond acceptors (Lipinski definition) is 2. The van der Waals surface area contributed by atoms with Crippen LogP contribution in [-0.4, -0.2) is 4.98 Å². The molecule has 0 saturated carbocycles. The van der Waals surface area contributed by atoms with E-state index in [1.807, 2.05) is 30.3 Å². The summed E-state index contributed by atoms with van der Waals surface area (Å²) in [5.41, 5.74) is 1.91. The molecule has 0 aliphatic heterocycles. The first-order chi connectivity index (χ1) is 9.72. The Morgan fingerprint density at radius 2 is 2.00 bits per heavy atom. The molecule has 2 aromatic carbocycles. The highest BCUT2D eigenvalue weighted by Crippen LogP contribution is 2.23. The SMILES string of the molecule is Fc1ccc(Br)cc1OCc1ccc2ncccc2c1. The second kappa shape index (κ2) is 5.59. The lowest BCUT2D eigenvalue weighted by Gasteiger charge is -2.08. The van der Waals surface area contributed by atoms with Gasteiger partial charge in [-0.1, -0.05) is 28.1 Å². The van der Waals surface area contributed by atoms with Crippen LogP contribution in [-0.2, 0) is 6.61 Å². The summed E-state index contributed by atoms with van der Waals surface area (Å²) in [6.45, 7) is 0.318. The van der Waals surface area contributed by atoms with E-state index in [2.05, 4.69) is 20.9 Å². The number of nitrogens with zero attached hydrogens (tertiary/aromatic N) is 1. The number of halogens is 2. The van der Waals surface area contributed by atoms with Gasteiger partial charge >= 0.3 is 0 Å². The second-order valence-electron chi connectivity index (χ2n) is 4.39. The van der Waals surface area contributed by atoms with Crippen LogP contribution in [0.15, 0.2) is 59.2 Å². The lowest BCUT2D eigenvalue weighted by Crippen LogP contribution is -1.97. The van der Waals surface area contributed by atoms with Crippen LogP contribution in [0.3, 0.4) is 0 Å². The van der Waals surface area contributed by atoms with E-state index in [4.69, 9.17) is 4.74 Å². The fourth-order valence-electron chi connectivity index (χ4n) is 1.96. The van der Waals surface area contributed by atoms with E-state index >= 15 is 0 Å². The maximum Gasteiger partial charge on any atom is 0.165 e. The Labute approximate surface area is 124 Å². The van der Waals surface area contributed by atoms with Crippen molar-refractivity contribution in [3.63, 3.8) is 0 Å². The Bertz CT molecular complexity index is 760. The number of fused-ring (bicyclic) bond motifs is 1. The minimum absolute atomic E-state index is 0.241. The molecule has 0 atom stereocenters. The zero-order valence-electron chi connectivity index (χ0n) is 10.5. The third-order valence-corrected chi connectivity index (χ3v) is 3.45. The molecule has 3 rings (SSSR count). The summed E-state index contributed by atoms with van der Waals surface area (Å²) >= 11 is 3.30. The Kier molecular flexibility index (Phi) is 3.65. The van der Waals surface area contributed by atoms with Crippen LogP contribution in [0, 0.1) is 5.82 Å². The van der Waals surface area contributed by atoms with Crippen molar-refractivity contribution in [1.29, 1.82) is 0 Å². The van der Waals surface area contributed by atoms with Gasteiger partial charge in [-0.05, 0) is 42.0 Å². The summed E-state index contributed by atoms with van der Waals surface area (Å²) in [5, 5.41) is 1.04. The van der Waals surface area contributed by atoms with Crippen molar-refractivity contribution in [1.82, 2.24) is 4.98 Å². The third kappa shape index (κ3) is 2.80. The molecule has 100 valence electrons. The summed E-state index contributed by atoms with van der Waals surface area (Å²) < 4.78 is 19.9. The van der Waals surface area contributed by atoms with Crippen LogP contribution >= 0.6 is 15.9 Å². The van der Waals surface area contributed by atoms with E-state index in [1.165, 1.54) is 6.07 Å². The van der Waals surface area contributed by atoms with Gasteiger partial charge in [-0.15, -0.1) is 0 Å². The molecule has 4 heteroatoms. The molecule has 1 heterocycles. The summed E-state index contributed by atoms with van der Waals surface area (Å²) in [4.78, 5) is 4.26. The summed E-state index contributed by atoms with van der Waals surface area (Å²) in [7, 11) is 0. The van der Waals surface area contributed by atoms with E-state index in [0.717, 1.165) is 20.9 Å². The zero-order chi connectivity index (χ0) is 13.9. The predicted molar refractivity (Wildman–Crippen MR) is 80.2 cm³/mol. The summed E-state index contributed by atoms with van der Waals surface area (Å²) in [5.74, 6) is -0.124. The molecule has 0 saturated heterocycles. The Balaban J connectivity index is 1.81. The van der Waals surface area contributed by atoms with Crippen LogP contribution in [0.1, 0.15) is 5.56 Å². The highest BCUT2D eigenvalue weighted by Gasteiger charge is 2.05. The van der Waals surface area contributed by atoms with Gasteiger partial charge in [-0.2, -0.15) is 0 Å². The van der Waals surface area contributed by atoms with Crippen LogP contribution in [0.2, 0.25) is 0 Å². The van der Waals surface area contributed by atoms with Crippen LogP contribution < -0.4 is 4.74 Å². The zero-order valence-corrected chi connectivity index (χ0v) is 12.1. The van der Waals surface area contributed by atoms with Crippen molar-refractivity contribution in [2.45, 2.75) is 6.61 Å². The molecule has 0 aliphatic rings. The van der Waals surface area contributed by atoms with Crippen molar-refractivity contribution in [2.75, 3.05) is 0 Å². The van der Waals surface area contributed by atoms with E-state index < -0.39 is 0 Å². The number of benzene rings is 2. The van der Waals surface area contributed by atoms with Crippen LogP contribution in [0.25, 0.3) is 10.9 Å². The van der Waals surface area contributed by atoms with Gasteiger partial charge in [0.1, 0.15) is 6.61 Å². The molecule has 0 radical (unpaired) electrons. The highest BCUT2D eigenvalue weighted by molar-refractivity contribution is 9.10. The monoisotopic (exact) mass is 331 g/mol. The lowest BCUT2D eigenvalue weighted by atomic mass is 10.1. The largest absolute Gasteiger partial charge is 0.486 e.